The van der Waals surface area contributed by atoms with E-state index < -0.39 is 0 Å². The zero-order chi connectivity index (χ0) is 14.3. The summed E-state index contributed by atoms with van der Waals surface area (Å²) in [5.74, 6) is 0. The van der Waals surface area contributed by atoms with Crippen LogP contribution in [0.25, 0.3) is 10.9 Å². The van der Waals surface area contributed by atoms with Gasteiger partial charge in [0.05, 0.1) is 5.52 Å². The Bertz CT molecular complexity index is 809. The van der Waals surface area contributed by atoms with Crippen LogP contribution in [-0.2, 0) is 18.4 Å². The highest BCUT2D eigenvalue weighted by atomic mass is 14.7. The van der Waals surface area contributed by atoms with Gasteiger partial charge in [0.25, 0.3) is 0 Å². The van der Waals surface area contributed by atoms with Crippen LogP contribution >= 0.6 is 0 Å². The van der Waals surface area contributed by atoms with E-state index in [0.717, 1.165) is 24.8 Å². The van der Waals surface area contributed by atoms with Crippen molar-refractivity contribution in [1.82, 2.24) is 4.98 Å². The first-order valence-corrected chi connectivity index (χ1v) is 7.46. The quantitative estimate of drug-likeness (QED) is 0.736. The number of rotatable bonds is 1. The summed E-state index contributed by atoms with van der Waals surface area (Å²) in [6.07, 6.45) is 4.79. The average Bonchev–Trinajstić information content (AvgIpc) is 2.54. The number of hydrogen-bond donors (Lipinski definition) is 1. The molecule has 0 aliphatic heterocycles. The molecule has 2 aromatic carbocycles. The number of aromatic nitrogens is 1. The Hall–Kier alpha value is -2.19. The molecular formula is C19H18N2. The number of benzene rings is 2. The van der Waals surface area contributed by atoms with E-state index in [1.807, 2.05) is 12.3 Å². The van der Waals surface area contributed by atoms with E-state index in [-0.39, 0.29) is 5.54 Å². The fourth-order valence-electron chi connectivity index (χ4n) is 3.39. The third-order valence-electron chi connectivity index (χ3n) is 4.64. The summed E-state index contributed by atoms with van der Waals surface area (Å²) >= 11 is 0. The average molecular weight is 274 g/mol. The van der Waals surface area contributed by atoms with Crippen molar-refractivity contribution >= 4 is 10.9 Å². The molecular weight excluding hydrogens is 256 g/mol. The van der Waals surface area contributed by atoms with Crippen molar-refractivity contribution in [2.24, 2.45) is 5.73 Å². The summed E-state index contributed by atoms with van der Waals surface area (Å²) in [6.45, 7) is 0. The molecule has 1 unspecified atom stereocenters. The van der Waals surface area contributed by atoms with Crippen LogP contribution in [0.4, 0.5) is 0 Å². The number of pyridine rings is 1. The highest BCUT2D eigenvalue weighted by Crippen LogP contribution is 2.35. The first-order chi connectivity index (χ1) is 10.2. The third kappa shape index (κ3) is 2.12. The second-order valence-electron chi connectivity index (χ2n) is 6.01. The normalized spacial score (nSPS) is 21.2. The van der Waals surface area contributed by atoms with Gasteiger partial charge >= 0.3 is 0 Å². The van der Waals surface area contributed by atoms with Crippen molar-refractivity contribution in [3.8, 4) is 0 Å². The van der Waals surface area contributed by atoms with Crippen LogP contribution in [0.1, 0.15) is 23.1 Å². The Balaban J connectivity index is 1.77. The van der Waals surface area contributed by atoms with E-state index in [0.29, 0.717) is 0 Å². The third-order valence-corrected chi connectivity index (χ3v) is 4.64. The van der Waals surface area contributed by atoms with Crippen LogP contribution < -0.4 is 5.73 Å². The van der Waals surface area contributed by atoms with Crippen molar-refractivity contribution in [1.29, 1.82) is 0 Å². The number of nitrogens with two attached hydrogens (primary N) is 1. The molecule has 0 saturated carbocycles. The van der Waals surface area contributed by atoms with Crippen molar-refractivity contribution in [2.75, 3.05) is 0 Å². The summed E-state index contributed by atoms with van der Waals surface area (Å²) in [5.41, 5.74) is 11.6. The zero-order valence-corrected chi connectivity index (χ0v) is 11.9. The molecule has 2 N–H and O–H groups in total. The molecule has 1 atom stereocenters. The highest BCUT2D eigenvalue weighted by Gasteiger charge is 2.32. The number of fused-ring (bicyclic) bond motifs is 2. The topological polar surface area (TPSA) is 38.9 Å². The van der Waals surface area contributed by atoms with Crippen molar-refractivity contribution < 1.29 is 0 Å². The maximum absolute atomic E-state index is 6.77. The molecule has 0 saturated heterocycles. The molecule has 1 aromatic heterocycles. The monoisotopic (exact) mass is 274 g/mol. The standard InChI is InChI=1S/C19H18N2/c20-19(10-9-14-4-1-2-5-16(14)13-19)17-7-8-18-15(12-17)6-3-11-21-18/h1-8,11-12H,9-10,13,20H2. The van der Waals surface area contributed by atoms with Crippen LogP contribution in [0, 0.1) is 0 Å². The van der Waals surface area contributed by atoms with Crippen LogP contribution in [-0.4, -0.2) is 4.98 Å². The fraction of sp³-hybridized carbons (Fsp3) is 0.211. The highest BCUT2D eigenvalue weighted by molar-refractivity contribution is 5.79. The van der Waals surface area contributed by atoms with Crippen molar-refractivity contribution in [2.45, 2.75) is 24.8 Å². The van der Waals surface area contributed by atoms with Gasteiger partial charge in [0, 0.05) is 17.1 Å². The fourth-order valence-corrected chi connectivity index (χ4v) is 3.39. The molecule has 4 rings (SSSR count). The van der Waals surface area contributed by atoms with Gasteiger partial charge in [0.15, 0.2) is 0 Å². The lowest BCUT2D eigenvalue weighted by molar-refractivity contribution is 0.385. The van der Waals surface area contributed by atoms with Crippen molar-refractivity contribution in [3.63, 3.8) is 0 Å². The lowest BCUT2D eigenvalue weighted by atomic mass is 9.74. The Labute approximate surface area is 124 Å². The van der Waals surface area contributed by atoms with Crippen LogP contribution in [0.3, 0.4) is 0 Å². The van der Waals surface area contributed by atoms with Gasteiger partial charge in [0.2, 0.25) is 0 Å². The first kappa shape index (κ1) is 12.5. The Morgan fingerprint density at radius 3 is 2.71 bits per heavy atom. The van der Waals surface area contributed by atoms with Gasteiger partial charge in [0.1, 0.15) is 0 Å². The van der Waals surface area contributed by atoms with Crippen molar-refractivity contribution in [3.05, 3.63) is 77.5 Å². The largest absolute Gasteiger partial charge is 0.321 e. The molecule has 1 aliphatic rings. The minimum absolute atomic E-state index is 0.265. The second kappa shape index (κ2) is 4.68. The Morgan fingerprint density at radius 1 is 0.952 bits per heavy atom. The van der Waals surface area contributed by atoms with Gasteiger partial charge < -0.3 is 5.73 Å². The van der Waals surface area contributed by atoms with Gasteiger partial charge in [-0.05, 0) is 54.2 Å². The predicted octanol–water partition coefficient (Wildman–Crippen LogP) is 3.58. The van der Waals surface area contributed by atoms with E-state index in [4.69, 9.17) is 5.73 Å². The zero-order valence-electron chi connectivity index (χ0n) is 11.9. The van der Waals surface area contributed by atoms with Crippen LogP contribution in [0.2, 0.25) is 0 Å². The first-order valence-electron chi connectivity index (χ1n) is 7.46. The summed E-state index contributed by atoms with van der Waals surface area (Å²) in [7, 11) is 0. The molecule has 0 radical (unpaired) electrons. The summed E-state index contributed by atoms with van der Waals surface area (Å²) in [6, 6.07) is 19.2. The van der Waals surface area contributed by atoms with Gasteiger partial charge in [-0.1, -0.05) is 36.4 Å². The Morgan fingerprint density at radius 2 is 1.81 bits per heavy atom. The maximum Gasteiger partial charge on any atom is 0.0702 e. The smallest absolute Gasteiger partial charge is 0.0702 e. The summed E-state index contributed by atoms with van der Waals surface area (Å²) in [4.78, 5) is 4.39. The van der Waals surface area contributed by atoms with E-state index in [1.54, 1.807) is 0 Å². The number of aryl methyl sites for hydroxylation is 1. The second-order valence-corrected chi connectivity index (χ2v) is 6.01. The van der Waals surface area contributed by atoms with Gasteiger partial charge in [-0.3, -0.25) is 4.98 Å². The number of nitrogens with zero attached hydrogens (tertiary/aromatic N) is 1. The molecule has 2 heteroatoms. The molecule has 21 heavy (non-hydrogen) atoms. The SMILES string of the molecule is NC1(c2ccc3ncccc3c2)CCc2ccccc2C1. The van der Waals surface area contributed by atoms with E-state index >= 15 is 0 Å². The van der Waals surface area contributed by atoms with E-state index in [2.05, 4.69) is 53.5 Å². The van der Waals surface area contributed by atoms with E-state index in [9.17, 15) is 0 Å². The molecule has 1 aliphatic carbocycles. The molecule has 0 bridgehead atoms. The Kier molecular flexibility index (Phi) is 2.79. The van der Waals surface area contributed by atoms with Gasteiger partial charge in [-0.25, -0.2) is 0 Å². The molecule has 0 fully saturated rings. The van der Waals surface area contributed by atoms with Crippen LogP contribution in [0.15, 0.2) is 60.8 Å². The molecule has 0 amide bonds. The lowest BCUT2D eigenvalue weighted by Crippen LogP contribution is -2.42. The molecule has 2 nitrogen and oxygen atoms in total. The predicted molar refractivity (Wildman–Crippen MR) is 86.1 cm³/mol. The summed E-state index contributed by atoms with van der Waals surface area (Å²) < 4.78 is 0. The maximum atomic E-state index is 6.77. The number of hydrogen-bond acceptors (Lipinski definition) is 2. The molecule has 0 spiro atoms. The lowest BCUT2D eigenvalue weighted by Gasteiger charge is -2.35. The van der Waals surface area contributed by atoms with Crippen LogP contribution in [0.5, 0.6) is 0 Å². The molecule has 3 aromatic rings. The molecule has 104 valence electrons. The summed E-state index contributed by atoms with van der Waals surface area (Å²) in [5, 5.41) is 1.17. The molecule has 1 heterocycles. The minimum atomic E-state index is -0.265. The van der Waals surface area contributed by atoms with Gasteiger partial charge in [-0.2, -0.15) is 0 Å². The van der Waals surface area contributed by atoms with E-state index in [1.165, 1.54) is 22.1 Å². The van der Waals surface area contributed by atoms with Gasteiger partial charge in [-0.15, -0.1) is 0 Å². The minimum Gasteiger partial charge on any atom is -0.321 e.